The average molecular weight is 325 g/mol. The highest BCUT2D eigenvalue weighted by molar-refractivity contribution is 7.13. The van der Waals surface area contributed by atoms with Gasteiger partial charge >= 0.3 is 0 Å². The molecule has 2 aromatic heterocycles. The number of nitrogens with zero attached hydrogens (tertiary/aromatic N) is 3. The molecule has 0 aromatic carbocycles. The molecule has 0 bridgehead atoms. The highest BCUT2D eigenvalue weighted by Gasteiger charge is 2.23. The molecular weight excluding hydrogens is 304 g/mol. The van der Waals surface area contributed by atoms with Crippen LogP contribution < -0.4 is 5.73 Å². The molecule has 0 aliphatic carbocycles. The highest BCUT2D eigenvalue weighted by atomic mass is 35.5. The standard InChI is InChI=1S/C15H20N4S.ClH/c1-11-8-19(7-5-13(11)16)9-12-10-20-15(18-12)14-4-2-3-6-17-14;/h2-4,6,10-11,13H,5,7-9,16H2,1H3;1H. The zero-order valence-electron chi connectivity index (χ0n) is 12.1. The van der Waals surface area contributed by atoms with Gasteiger partial charge in [0, 0.05) is 37.3 Å². The van der Waals surface area contributed by atoms with E-state index in [0.717, 1.165) is 42.5 Å². The van der Waals surface area contributed by atoms with Gasteiger partial charge < -0.3 is 5.73 Å². The van der Waals surface area contributed by atoms with Crippen molar-refractivity contribution in [2.75, 3.05) is 13.1 Å². The number of hydrogen-bond acceptors (Lipinski definition) is 5. The Morgan fingerprint density at radius 1 is 1.43 bits per heavy atom. The fourth-order valence-corrected chi connectivity index (χ4v) is 3.40. The summed E-state index contributed by atoms with van der Waals surface area (Å²) in [5.41, 5.74) is 8.16. The maximum absolute atomic E-state index is 6.07. The van der Waals surface area contributed by atoms with E-state index in [-0.39, 0.29) is 12.4 Å². The Morgan fingerprint density at radius 3 is 3.00 bits per heavy atom. The van der Waals surface area contributed by atoms with Gasteiger partial charge in [-0.1, -0.05) is 13.0 Å². The van der Waals surface area contributed by atoms with Gasteiger partial charge in [-0.15, -0.1) is 23.7 Å². The average Bonchev–Trinajstić information content (AvgIpc) is 2.92. The molecule has 2 atom stereocenters. The first-order valence-electron chi connectivity index (χ1n) is 7.06. The van der Waals surface area contributed by atoms with E-state index in [0.29, 0.717) is 12.0 Å². The molecule has 1 fully saturated rings. The molecule has 21 heavy (non-hydrogen) atoms. The summed E-state index contributed by atoms with van der Waals surface area (Å²) in [6.07, 6.45) is 2.89. The van der Waals surface area contributed by atoms with Crippen molar-refractivity contribution >= 4 is 23.7 Å². The Hall–Kier alpha value is -1.01. The lowest BCUT2D eigenvalue weighted by Crippen LogP contribution is -2.45. The molecule has 2 unspecified atom stereocenters. The number of pyridine rings is 1. The molecule has 3 rings (SSSR count). The molecule has 1 aliphatic heterocycles. The molecule has 2 N–H and O–H groups in total. The second-order valence-electron chi connectivity index (χ2n) is 5.52. The van der Waals surface area contributed by atoms with E-state index in [4.69, 9.17) is 10.7 Å². The van der Waals surface area contributed by atoms with Crippen LogP contribution in [0.15, 0.2) is 29.8 Å². The van der Waals surface area contributed by atoms with Crippen LogP contribution in [0.4, 0.5) is 0 Å². The maximum atomic E-state index is 6.07. The Labute approximate surface area is 135 Å². The van der Waals surface area contributed by atoms with E-state index in [1.54, 1.807) is 11.3 Å². The van der Waals surface area contributed by atoms with Crippen molar-refractivity contribution in [1.82, 2.24) is 14.9 Å². The first kappa shape index (κ1) is 16.4. The van der Waals surface area contributed by atoms with Crippen molar-refractivity contribution in [3.63, 3.8) is 0 Å². The van der Waals surface area contributed by atoms with E-state index >= 15 is 0 Å². The Balaban J connectivity index is 0.00000161. The molecule has 4 nitrogen and oxygen atoms in total. The Bertz CT molecular complexity index is 560. The fraction of sp³-hybridized carbons (Fsp3) is 0.467. The molecule has 114 valence electrons. The normalized spacial score (nSPS) is 22.8. The van der Waals surface area contributed by atoms with Gasteiger partial charge in [-0.3, -0.25) is 9.88 Å². The third-order valence-electron chi connectivity index (χ3n) is 3.88. The van der Waals surface area contributed by atoms with Crippen LogP contribution in [0.2, 0.25) is 0 Å². The largest absolute Gasteiger partial charge is 0.327 e. The molecule has 1 saturated heterocycles. The summed E-state index contributed by atoms with van der Waals surface area (Å²) in [4.78, 5) is 11.5. The number of likely N-dealkylation sites (tertiary alicyclic amines) is 1. The van der Waals surface area contributed by atoms with Crippen LogP contribution in [0.1, 0.15) is 19.0 Å². The fourth-order valence-electron chi connectivity index (χ4n) is 2.61. The summed E-state index contributed by atoms with van der Waals surface area (Å²) < 4.78 is 0. The van der Waals surface area contributed by atoms with Crippen LogP contribution in [0.5, 0.6) is 0 Å². The van der Waals surface area contributed by atoms with Gasteiger partial charge in [0.25, 0.3) is 0 Å². The summed E-state index contributed by atoms with van der Waals surface area (Å²) in [6.45, 7) is 5.29. The van der Waals surface area contributed by atoms with Crippen molar-refractivity contribution in [2.45, 2.75) is 25.9 Å². The molecule has 0 amide bonds. The quantitative estimate of drug-likeness (QED) is 0.943. The van der Waals surface area contributed by atoms with Crippen molar-refractivity contribution < 1.29 is 0 Å². The van der Waals surface area contributed by atoms with Crippen LogP contribution in [0.3, 0.4) is 0 Å². The second kappa shape index (κ2) is 7.31. The lowest BCUT2D eigenvalue weighted by Gasteiger charge is -2.34. The number of aromatic nitrogens is 2. The zero-order valence-corrected chi connectivity index (χ0v) is 13.7. The van der Waals surface area contributed by atoms with E-state index < -0.39 is 0 Å². The molecule has 0 spiro atoms. The van der Waals surface area contributed by atoms with Gasteiger partial charge in [0.05, 0.1) is 11.4 Å². The third kappa shape index (κ3) is 4.01. The number of halogens is 1. The van der Waals surface area contributed by atoms with Gasteiger partial charge in [0.1, 0.15) is 5.01 Å². The van der Waals surface area contributed by atoms with Crippen molar-refractivity contribution in [2.24, 2.45) is 11.7 Å². The monoisotopic (exact) mass is 324 g/mol. The minimum Gasteiger partial charge on any atom is -0.327 e. The number of rotatable bonds is 3. The third-order valence-corrected chi connectivity index (χ3v) is 4.79. The van der Waals surface area contributed by atoms with Gasteiger partial charge in [-0.05, 0) is 24.5 Å². The number of piperidine rings is 1. The van der Waals surface area contributed by atoms with Crippen LogP contribution in [0.25, 0.3) is 10.7 Å². The molecular formula is C15H21ClN4S. The summed E-state index contributed by atoms with van der Waals surface area (Å²) in [5.74, 6) is 0.567. The van der Waals surface area contributed by atoms with Crippen LogP contribution >= 0.6 is 23.7 Å². The molecule has 2 aromatic rings. The molecule has 3 heterocycles. The van der Waals surface area contributed by atoms with Crippen molar-refractivity contribution in [1.29, 1.82) is 0 Å². The number of nitrogens with two attached hydrogens (primary N) is 1. The second-order valence-corrected chi connectivity index (χ2v) is 6.38. The summed E-state index contributed by atoms with van der Waals surface area (Å²) >= 11 is 1.67. The van der Waals surface area contributed by atoms with Crippen LogP contribution in [-0.2, 0) is 6.54 Å². The Morgan fingerprint density at radius 2 is 2.29 bits per heavy atom. The predicted molar refractivity (Wildman–Crippen MR) is 89.6 cm³/mol. The lowest BCUT2D eigenvalue weighted by molar-refractivity contribution is 0.156. The minimum absolute atomic E-state index is 0. The topological polar surface area (TPSA) is 55.0 Å². The van der Waals surface area contributed by atoms with E-state index in [1.807, 2.05) is 24.4 Å². The molecule has 1 aliphatic rings. The molecule has 0 radical (unpaired) electrons. The van der Waals surface area contributed by atoms with E-state index in [1.165, 1.54) is 0 Å². The highest BCUT2D eigenvalue weighted by Crippen LogP contribution is 2.23. The first-order chi connectivity index (χ1) is 9.72. The van der Waals surface area contributed by atoms with Gasteiger partial charge in [-0.25, -0.2) is 4.98 Å². The Kier molecular flexibility index (Phi) is 5.70. The molecule has 0 saturated carbocycles. The van der Waals surface area contributed by atoms with Crippen LogP contribution in [0, 0.1) is 5.92 Å². The summed E-state index contributed by atoms with van der Waals surface area (Å²) in [5, 5.41) is 3.14. The van der Waals surface area contributed by atoms with E-state index in [9.17, 15) is 0 Å². The maximum Gasteiger partial charge on any atom is 0.142 e. The SMILES string of the molecule is CC1CN(Cc2csc(-c3ccccn3)n2)CCC1N.Cl. The zero-order chi connectivity index (χ0) is 13.9. The summed E-state index contributed by atoms with van der Waals surface area (Å²) in [7, 11) is 0. The predicted octanol–water partition coefficient (Wildman–Crippen LogP) is 2.80. The van der Waals surface area contributed by atoms with Gasteiger partial charge in [-0.2, -0.15) is 0 Å². The number of thiazole rings is 1. The van der Waals surface area contributed by atoms with Crippen molar-refractivity contribution in [3.8, 4) is 10.7 Å². The minimum atomic E-state index is 0. The smallest absolute Gasteiger partial charge is 0.142 e. The number of hydrogen-bond donors (Lipinski definition) is 1. The van der Waals surface area contributed by atoms with E-state index in [2.05, 4.69) is 22.2 Å². The van der Waals surface area contributed by atoms with Gasteiger partial charge in [0.15, 0.2) is 0 Å². The van der Waals surface area contributed by atoms with Gasteiger partial charge in [0.2, 0.25) is 0 Å². The first-order valence-corrected chi connectivity index (χ1v) is 7.94. The summed E-state index contributed by atoms with van der Waals surface area (Å²) in [6, 6.07) is 6.28. The molecule has 6 heteroatoms. The van der Waals surface area contributed by atoms with Crippen LogP contribution in [-0.4, -0.2) is 34.0 Å². The lowest BCUT2D eigenvalue weighted by atomic mass is 9.95. The van der Waals surface area contributed by atoms with Crippen molar-refractivity contribution in [3.05, 3.63) is 35.5 Å².